The van der Waals surface area contributed by atoms with Crippen molar-refractivity contribution in [1.82, 2.24) is 24.9 Å². The van der Waals surface area contributed by atoms with E-state index in [0.717, 1.165) is 32.1 Å². The molecule has 10 heteroatoms. The lowest BCUT2D eigenvalue weighted by Gasteiger charge is -2.38. The van der Waals surface area contributed by atoms with Crippen LogP contribution in [-0.2, 0) is 23.2 Å². The van der Waals surface area contributed by atoms with Crippen molar-refractivity contribution in [2.45, 2.75) is 84.0 Å². The van der Waals surface area contributed by atoms with Crippen LogP contribution in [0.4, 0.5) is 4.79 Å². The number of carbonyl (C=O) groups excluding carboxylic acids is 1. The summed E-state index contributed by atoms with van der Waals surface area (Å²) in [5.74, 6) is 0.0678. The first-order valence-electron chi connectivity index (χ1n) is 12.9. The minimum absolute atomic E-state index is 0.0424. The van der Waals surface area contributed by atoms with Gasteiger partial charge in [0.25, 0.3) is 0 Å². The highest BCUT2D eigenvalue weighted by Crippen LogP contribution is 2.34. The molecule has 0 spiro atoms. The highest BCUT2D eigenvalue weighted by atomic mass is 16.6. The van der Waals surface area contributed by atoms with Crippen molar-refractivity contribution in [2.24, 2.45) is 18.9 Å². The lowest BCUT2D eigenvalue weighted by Crippen LogP contribution is -2.44. The number of carboxylic acids is 1. The van der Waals surface area contributed by atoms with Gasteiger partial charge in [-0.25, -0.2) is 14.5 Å². The van der Waals surface area contributed by atoms with Gasteiger partial charge >= 0.3 is 12.1 Å². The molecule has 2 heterocycles. The number of aromatic nitrogens is 4. The zero-order valence-electron chi connectivity index (χ0n) is 21.6. The Labute approximate surface area is 212 Å². The van der Waals surface area contributed by atoms with Crippen LogP contribution in [0.25, 0.3) is 11.4 Å². The molecule has 36 heavy (non-hydrogen) atoms. The summed E-state index contributed by atoms with van der Waals surface area (Å²) in [5.41, 5.74) is 2.51. The molecule has 0 bridgehead atoms. The minimum atomic E-state index is -0.760. The summed E-state index contributed by atoms with van der Waals surface area (Å²) in [5, 5.41) is 17.7. The molecule has 4 rings (SSSR count). The van der Waals surface area contributed by atoms with E-state index >= 15 is 0 Å². The van der Waals surface area contributed by atoms with E-state index in [2.05, 4.69) is 22.2 Å². The molecule has 1 amide bonds. The molecule has 196 valence electrons. The van der Waals surface area contributed by atoms with Crippen molar-refractivity contribution >= 4 is 12.1 Å². The first-order chi connectivity index (χ1) is 17.3. The van der Waals surface area contributed by atoms with Crippen molar-refractivity contribution in [3.05, 3.63) is 23.5 Å². The molecule has 2 saturated carbocycles. The summed E-state index contributed by atoms with van der Waals surface area (Å²) in [6.45, 7) is 4.00. The van der Waals surface area contributed by atoms with Gasteiger partial charge in [-0.1, -0.05) is 18.6 Å². The number of carbonyl (C=O) groups is 2. The van der Waals surface area contributed by atoms with E-state index in [-0.39, 0.29) is 30.8 Å². The van der Waals surface area contributed by atoms with E-state index in [1.807, 2.05) is 26.1 Å². The Bertz CT molecular complexity index is 1080. The van der Waals surface area contributed by atoms with Crippen LogP contribution in [0.2, 0.25) is 0 Å². The molecule has 2 aliphatic carbocycles. The molecule has 2 fully saturated rings. The summed E-state index contributed by atoms with van der Waals surface area (Å²) in [6, 6.07) is 3.85. The van der Waals surface area contributed by atoms with Crippen molar-refractivity contribution in [2.75, 3.05) is 7.05 Å². The zero-order valence-corrected chi connectivity index (χ0v) is 21.6. The fourth-order valence-electron chi connectivity index (χ4n) is 5.31. The molecule has 2 aromatic rings. The molecule has 1 unspecified atom stereocenters. The van der Waals surface area contributed by atoms with E-state index in [0.29, 0.717) is 47.3 Å². The van der Waals surface area contributed by atoms with Crippen LogP contribution in [0, 0.1) is 18.8 Å². The third-order valence-corrected chi connectivity index (χ3v) is 7.72. The Balaban J connectivity index is 1.42. The topological polar surface area (TPSA) is 120 Å². The summed E-state index contributed by atoms with van der Waals surface area (Å²) in [4.78, 5) is 30.5. The highest BCUT2D eigenvalue weighted by Gasteiger charge is 2.32. The SMILES string of the molecule is CCC(C1CCC1)N(C)C(=O)OCc1c(-c2ccc(O[C@H]3CCC[C@H](C(=O)O)C3)c(C)n2)nnn1C. The monoisotopic (exact) mass is 499 g/mol. The molecular weight excluding hydrogens is 462 g/mol. The van der Waals surface area contributed by atoms with Crippen LogP contribution in [0.15, 0.2) is 12.1 Å². The lowest BCUT2D eigenvalue weighted by atomic mass is 9.78. The summed E-state index contributed by atoms with van der Waals surface area (Å²) in [6.07, 6.45) is 6.85. The minimum Gasteiger partial charge on any atom is -0.489 e. The summed E-state index contributed by atoms with van der Waals surface area (Å²) in [7, 11) is 3.57. The normalized spacial score (nSPS) is 20.9. The van der Waals surface area contributed by atoms with Gasteiger partial charge in [-0.3, -0.25) is 4.79 Å². The van der Waals surface area contributed by atoms with Gasteiger partial charge in [-0.15, -0.1) is 5.10 Å². The maximum Gasteiger partial charge on any atom is 0.410 e. The molecule has 0 saturated heterocycles. The second kappa shape index (κ2) is 11.3. The van der Waals surface area contributed by atoms with Gasteiger partial charge in [-0.05, 0) is 69.9 Å². The number of amides is 1. The molecule has 10 nitrogen and oxygen atoms in total. The number of carboxylic acid groups (broad SMARTS) is 1. The Kier molecular flexibility index (Phi) is 8.11. The van der Waals surface area contributed by atoms with Gasteiger partial charge in [0, 0.05) is 20.1 Å². The van der Waals surface area contributed by atoms with Crippen LogP contribution in [0.5, 0.6) is 5.75 Å². The Morgan fingerprint density at radius 3 is 2.61 bits per heavy atom. The number of nitrogens with zero attached hydrogens (tertiary/aromatic N) is 5. The molecule has 2 aliphatic rings. The maximum absolute atomic E-state index is 12.8. The second-order valence-corrected chi connectivity index (χ2v) is 10.1. The van der Waals surface area contributed by atoms with Crippen molar-refractivity contribution in [3.63, 3.8) is 0 Å². The Morgan fingerprint density at radius 2 is 1.97 bits per heavy atom. The van der Waals surface area contributed by atoms with Crippen LogP contribution in [0.1, 0.15) is 69.7 Å². The predicted molar refractivity (Wildman–Crippen MR) is 132 cm³/mol. The maximum atomic E-state index is 12.8. The van der Waals surface area contributed by atoms with Gasteiger partial charge in [0.2, 0.25) is 0 Å². The van der Waals surface area contributed by atoms with E-state index in [1.54, 1.807) is 16.6 Å². The first kappa shape index (κ1) is 25.9. The molecular formula is C26H37N5O5. The van der Waals surface area contributed by atoms with Crippen LogP contribution < -0.4 is 4.74 Å². The van der Waals surface area contributed by atoms with Gasteiger partial charge in [0.05, 0.1) is 23.4 Å². The van der Waals surface area contributed by atoms with Crippen molar-refractivity contribution in [1.29, 1.82) is 0 Å². The average molecular weight is 500 g/mol. The molecule has 2 aromatic heterocycles. The van der Waals surface area contributed by atoms with E-state index in [9.17, 15) is 14.7 Å². The van der Waals surface area contributed by atoms with E-state index in [4.69, 9.17) is 9.47 Å². The fourth-order valence-corrected chi connectivity index (χ4v) is 5.31. The molecule has 1 N–H and O–H groups in total. The molecule has 0 radical (unpaired) electrons. The zero-order chi connectivity index (χ0) is 25.8. The number of aryl methyl sites for hydroxylation is 2. The third kappa shape index (κ3) is 5.63. The Morgan fingerprint density at radius 1 is 1.22 bits per heavy atom. The fraction of sp³-hybridized carbons (Fsp3) is 0.654. The number of rotatable bonds is 9. The smallest absolute Gasteiger partial charge is 0.410 e. The molecule has 0 aromatic carbocycles. The molecule has 0 aliphatic heterocycles. The van der Waals surface area contributed by atoms with Gasteiger partial charge in [-0.2, -0.15) is 0 Å². The number of hydrogen-bond acceptors (Lipinski definition) is 7. The molecule has 3 atom stereocenters. The van der Waals surface area contributed by atoms with Crippen molar-refractivity contribution < 1.29 is 24.2 Å². The highest BCUT2D eigenvalue weighted by molar-refractivity contribution is 5.70. The van der Waals surface area contributed by atoms with Gasteiger partial charge < -0.3 is 19.5 Å². The standard InChI is InChI=1S/C26H37N5O5/c1-5-21(17-8-6-9-17)30(3)26(34)35-15-22-24(28-29-31(22)4)20-12-13-23(16(2)27-20)36-19-11-7-10-18(14-19)25(32)33/h12-13,17-19,21H,5-11,14-15H2,1-4H3,(H,32,33)/t18-,19-,21?/m0/s1. The number of hydrogen-bond donors (Lipinski definition) is 1. The van der Waals surface area contributed by atoms with E-state index in [1.165, 1.54) is 6.42 Å². The quantitative estimate of drug-likeness (QED) is 0.541. The van der Waals surface area contributed by atoms with Crippen LogP contribution >= 0.6 is 0 Å². The second-order valence-electron chi connectivity index (χ2n) is 10.1. The van der Waals surface area contributed by atoms with Crippen LogP contribution in [0.3, 0.4) is 0 Å². The Hall–Kier alpha value is -3.17. The number of ether oxygens (including phenoxy) is 2. The summed E-state index contributed by atoms with van der Waals surface area (Å²) >= 11 is 0. The van der Waals surface area contributed by atoms with Gasteiger partial charge in [0.15, 0.2) is 0 Å². The predicted octanol–water partition coefficient (Wildman–Crippen LogP) is 4.35. The van der Waals surface area contributed by atoms with E-state index < -0.39 is 5.97 Å². The van der Waals surface area contributed by atoms with Crippen molar-refractivity contribution in [3.8, 4) is 17.1 Å². The van der Waals surface area contributed by atoms with Gasteiger partial charge in [0.1, 0.15) is 23.7 Å². The number of aliphatic carboxylic acids is 1. The first-order valence-corrected chi connectivity index (χ1v) is 12.9. The number of pyridine rings is 1. The average Bonchev–Trinajstić information content (AvgIpc) is 3.20. The van der Waals surface area contributed by atoms with Crippen LogP contribution in [-0.4, -0.2) is 61.2 Å². The third-order valence-electron chi connectivity index (χ3n) is 7.72. The lowest BCUT2D eigenvalue weighted by molar-refractivity contribution is -0.143. The summed E-state index contributed by atoms with van der Waals surface area (Å²) < 4.78 is 13.4. The largest absolute Gasteiger partial charge is 0.489 e.